The van der Waals surface area contributed by atoms with Crippen molar-refractivity contribution in [1.82, 2.24) is 10.2 Å². The minimum Gasteiger partial charge on any atom is -0.484 e. The third-order valence-corrected chi connectivity index (χ3v) is 3.20. The van der Waals surface area contributed by atoms with Crippen LogP contribution >= 0.6 is 0 Å². The summed E-state index contributed by atoms with van der Waals surface area (Å²) in [6.45, 7) is 0.285. The molecule has 0 radical (unpaired) electrons. The summed E-state index contributed by atoms with van der Waals surface area (Å²) in [6.07, 6.45) is -4.54. The first kappa shape index (κ1) is 17.0. The zero-order valence-corrected chi connectivity index (χ0v) is 11.9. The Bertz CT molecular complexity index is 601. The summed E-state index contributed by atoms with van der Waals surface area (Å²) in [6, 6.07) is 2.99. The van der Waals surface area contributed by atoms with Crippen molar-refractivity contribution >= 4 is 11.6 Å². The van der Waals surface area contributed by atoms with Crippen molar-refractivity contribution in [3.05, 3.63) is 33.9 Å². The molecule has 0 aliphatic carbocycles. The molecule has 126 valence electrons. The highest BCUT2D eigenvalue weighted by molar-refractivity contribution is 5.98. The van der Waals surface area contributed by atoms with Crippen molar-refractivity contribution < 1.29 is 27.6 Å². The molecule has 0 atom stereocenters. The first-order valence-corrected chi connectivity index (χ1v) is 6.76. The molecule has 23 heavy (non-hydrogen) atoms. The number of halogens is 3. The van der Waals surface area contributed by atoms with Crippen LogP contribution in [-0.4, -0.2) is 54.7 Å². The van der Waals surface area contributed by atoms with Gasteiger partial charge in [0.25, 0.3) is 11.6 Å². The van der Waals surface area contributed by atoms with Gasteiger partial charge >= 0.3 is 6.18 Å². The summed E-state index contributed by atoms with van der Waals surface area (Å²) in [4.78, 5) is 24.1. The van der Waals surface area contributed by atoms with Gasteiger partial charge < -0.3 is 15.0 Å². The number of ether oxygens (including phenoxy) is 1. The Hall–Kier alpha value is -2.36. The van der Waals surface area contributed by atoms with Crippen LogP contribution in [0.3, 0.4) is 0 Å². The van der Waals surface area contributed by atoms with E-state index in [1.165, 1.54) is 4.90 Å². The number of nitro benzene ring substituents is 1. The second-order valence-corrected chi connectivity index (χ2v) is 4.88. The highest BCUT2D eigenvalue weighted by Crippen LogP contribution is 2.27. The van der Waals surface area contributed by atoms with E-state index >= 15 is 0 Å². The van der Waals surface area contributed by atoms with Gasteiger partial charge in [0, 0.05) is 32.2 Å². The van der Waals surface area contributed by atoms with Crippen LogP contribution in [0.4, 0.5) is 18.9 Å². The number of nitrogens with zero attached hydrogens (tertiary/aromatic N) is 2. The average molecular weight is 333 g/mol. The number of nitro groups is 1. The molecule has 1 fully saturated rings. The maximum Gasteiger partial charge on any atom is 0.422 e. The van der Waals surface area contributed by atoms with Gasteiger partial charge in [-0.1, -0.05) is 0 Å². The first-order chi connectivity index (χ1) is 10.8. The number of carbonyl (C=O) groups excluding carboxylic acids is 1. The molecular weight excluding hydrogens is 319 g/mol. The van der Waals surface area contributed by atoms with Gasteiger partial charge in [0.1, 0.15) is 11.3 Å². The minimum atomic E-state index is -4.54. The molecule has 2 rings (SSSR count). The Morgan fingerprint density at radius 2 is 2.00 bits per heavy atom. The van der Waals surface area contributed by atoms with Crippen LogP contribution in [0.25, 0.3) is 0 Å². The third kappa shape index (κ3) is 4.55. The minimum absolute atomic E-state index is 0.244. The molecule has 10 heteroatoms. The molecule has 1 aliphatic rings. The van der Waals surface area contributed by atoms with E-state index in [2.05, 4.69) is 10.1 Å². The normalized spacial score (nSPS) is 15.3. The van der Waals surface area contributed by atoms with Crippen LogP contribution in [0, 0.1) is 10.1 Å². The van der Waals surface area contributed by atoms with E-state index in [0.717, 1.165) is 18.2 Å². The molecule has 0 unspecified atom stereocenters. The number of piperazine rings is 1. The van der Waals surface area contributed by atoms with Crippen LogP contribution in [0.2, 0.25) is 0 Å². The molecular formula is C13H14F3N3O4. The monoisotopic (exact) mass is 333 g/mol. The summed E-state index contributed by atoms with van der Waals surface area (Å²) in [5, 5.41) is 14.1. The van der Waals surface area contributed by atoms with Gasteiger partial charge in [0.2, 0.25) is 0 Å². The van der Waals surface area contributed by atoms with Crippen LogP contribution in [-0.2, 0) is 0 Å². The van der Waals surface area contributed by atoms with Gasteiger partial charge in [-0.25, -0.2) is 0 Å². The van der Waals surface area contributed by atoms with Crippen molar-refractivity contribution in [2.75, 3.05) is 32.8 Å². The van der Waals surface area contributed by atoms with E-state index in [4.69, 9.17) is 0 Å². The Morgan fingerprint density at radius 3 is 2.57 bits per heavy atom. The van der Waals surface area contributed by atoms with E-state index in [1.807, 2.05) is 0 Å². The fourth-order valence-corrected chi connectivity index (χ4v) is 2.14. The number of amides is 1. The third-order valence-electron chi connectivity index (χ3n) is 3.20. The average Bonchev–Trinajstić information content (AvgIpc) is 2.52. The standard InChI is InChI=1S/C13H14F3N3O4/c14-13(15,16)8-23-9-1-2-11(19(21)22)10(7-9)12(20)18-5-3-17-4-6-18/h1-2,7,17H,3-6,8H2. The smallest absolute Gasteiger partial charge is 0.422 e. The molecule has 0 bridgehead atoms. The molecule has 1 aromatic rings. The van der Waals surface area contributed by atoms with Crippen LogP contribution in [0.5, 0.6) is 5.75 Å². The Morgan fingerprint density at radius 1 is 1.35 bits per heavy atom. The van der Waals surface area contributed by atoms with Gasteiger partial charge in [-0.3, -0.25) is 14.9 Å². The predicted molar refractivity (Wildman–Crippen MR) is 73.4 cm³/mol. The van der Waals surface area contributed by atoms with E-state index in [1.54, 1.807) is 0 Å². The maximum absolute atomic E-state index is 12.4. The van der Waals surface area contributed by atoms with Crippen molar-refractivity contribution in [1.29, 1.82) is 0 Å². The van der Waals surface area contributed by atoms with Crippen LogP contribution in [0.1, 0.15) is 10.4 Å². The van der Waals surface area contributed by atoms with Crippen LogP contribution in [0.15, 0.2) is 18.2 Å². The summed E-state index contributed by atoms with van der Waals surface area (Å²) in [7, 11) is 0. The quantitative estimate of drug-likeness (QED) is 0.668. The first-order valence-electron chi connectivity index (χ1n) is 6.76. The van der Waals surface area contributed by atoms with E-state index in [-0.39, 0.29) is 11.3 Å². The second-order valence-electron chi connectivity index (χ2n) is 4.88. The summed E-state index contributed by atoms with van der Waals surface area (Å²) >= 11 is 0. The lowest BCUT2D eigenvalue weighted by molar-refractivity contribution is -0.385. The highest BCUT2D eigenvalue weighted by atomic mass is 19.4. The van der Waals surface area contributed by atoms with Gasteiger partial charge in [-0.15, -0.1) is 0 Å². The number of hydrogen-bond acceptors (Lipinski definition) is 5. The largest absolute Gasteiger partial charge is 0.484 e. The molecule has 0 aromatic heterocycles. The molecule has 1 amide bonds. The number of hydrogen-bond donors (Lipinski definition) is 1. The van der Waals surface area contributed by atoms with Gasteiger partial charge in [0.15, 0.2) is 6.61 Å². The predicted octanol–water partition coefficient (Wildman–Crippen LogP) is 1.58. The van der Waals surface area contributed by atoms with Crippen LogP contribution < -0.4 is 10.1 Å². The number of rotatable bonds is 4. The van der Waals surface area contributed by atoms with E-state index in [0.29, 0.717) is 26.2 Å². The number of nitrogens with one attached hydrogen (secondary N) is 1. The molecule has 1 aliphatic heterocycles. The summed E-state index contributed by atoms with van der Waals surface area (Å²) in [5.41, 5.74) is -0.746. The SMILES string of the molecule is O=C(c1cc(OCC(F)(F)F)ccc1[N+](=O)[O-])N1CCNCC1. The van der Waals surface area contributed by atoms with Crippen molar-refractivity contribution in [3.8, 4) is 5.75 Å². The Labute approximate surface area is 129 Å². The summed E-state index contributed by atoms with van der Waals surface area (Å²) < 4.78 is 41.1. The Kier molecular flexibility index (Phi) is 5.04. The lowest BCUT2D eigenvalue weighted by atomic mass is 10.1. The lowest BCUT2D eigenvalue weighted by Crippen LogP contribution is -2.46. The molecule has 1 saturated heterocycles. The van der Waals surface area contributed by atoms with Gasteiger partial charge in [-0.2, -0.15) is 13.2 Å². The molecule has 1 heterocycles. The number of benzene rings is 1. The van der Waals surface area contributed by atoms with E-state index < -0.39 is 29.3 Å². The highest BCUT2D eigenvalue weighted by Gasteiger charge is 2.30. The molecule has 1 N–H and O–H groups in total. The van der Waals surface area contributed by atoms with Gasteiger partial charge in [0.05, 0.1) is 4.92 Å². The fraction of sp³-hybridized carbons (Fsp3) is 0.462. The topological polar surface area (TPSA) is 84.7 Å². The summed E-state index contributed by atoms with van der Waals surface area (Å²) in [5.74, 6) is -0.845. The van der Waals surface area contributed by atoms with Crippen molar-refractivity contribution in [3.63, 3.8) is 0 Å². The van der Waals surface area contributed by atoms with Crippen molar-refractivity contribution in [2.24, 2.45) is 0 Å². The van der Waals surface area contributed by atoms with E-state index in [9.17, 15) is 28.1 Å². The molecule has 7 nitrogen and oxygen atoms in total. The second kappa shape index (κ2) is 6.82. The zero-order chi connectivity index (χ0) is 17.0. The fourth-order valence-electron chi connectivity index (χ4n) is 2.14. The molecule has 1 aromatic carbocycles. The number of carbonyl (C=O) groups is 1. The molecule has 0 saturated carbocycles. The zero-order valence-electron chi connectivity index (χ0n) is 11.9. The molecule has 0 spiro atoms. The maximum atomic E-state index is 12.4. The lowest BCUT2D eigenvalue weighted by Gasteiger charge is -2.27. The van der Waals surface area contributed by atoms with Crippen molar-refractivity contribution in [2.45, 2.75) is 6.18 Å². The van der Waals surface area contributed by atoms with Gasteiger partial charge in [-0.05, 0) is 12.1 Å². The number of alkyl halides is 3. The Balaban J connectivity index is 2.26.